The lowest BCUT2D eigenvalue weighted by Crippen LogP contribution is -2.48. The third-order valence-electron chi connectivity index (χ3n) is 3.70. The molecule has 0 radical (unpaired) electrons. The van der Waals surface area contributed by atoms with Gasteiger partial charge in [0.15, 0.2) is 0 Å². The first-order valence-electron chi connectivity index (χ1n) is 6.27. The summed E-state index contributed by atoms with van der Waals surface area (Å²) in [5.41, 5.74) is 0. The predicted molar refractivity (Wildman–Crippen MR) is 60.7 cm³/mol. The number of carbonyl (C=O) groups excluding carboxylic acids is 1. The molecule has 2 heterocycles. The van der Waals surface area contributed by atoms with E-state index >= 15 is 0 Å². The van der Waals surface area contributed by atoms with Gasteiger partial charge < -0.3 is 9.80 Å². The third kappa shape index (κ3) is 2.71. The van der Waals surface area contributed by atoms with Gasteiger partial charge in [0, 0.05) is 26.1 Å². The maximum atomic E-state index is 11.5. The van der Waals surface area contributed by atoms with Gasteiger partial charge in [0.2, 0.25) is 5.91 Å². The molecular formula is C12H22N2O. The minimum atomic E-state index is 0.263. The highest BCUT2D eigenvalue weighted by Crippen LogP contribution is 2.19. The van der Waals surface area contributed by atoms with Crippen LogP contribution in [-0.4, -0.2) is 47.9 Å². The van der Waals surface area contributed by atoms with Crippen LogP contribution in [0.4, 0.5) is 0 Å². The molecular weight excluding hydrogens is 188 g/mol. The van der Waals surface area contributed by atoms with Crippen molar-refractivity contribution in [2.45, 2.75) is 45.1 Å². The molecule has 0 N–H and O–H groups in total. The van der Waals surface area contributed by atoms with Crippen molar-refractivity contribution in [3.63, 3.8) is 0 Å². The monoisotopic (exact) mass is 210 g/mol. The number of piperidine rings is 1. The van der Waals surface area contributed by atoms with Gasteiger partial charge in [-0.1, -0.05) is 0 Å². The van der Waals surface area contributed by atoms with Crippen LogP contribution in [0, 0.1) is 0 Å². The van der Waals surface area contributed by atoms with Crippen LogP contribution in [0.25, 0.3) is 0 Å². The van der Waals surface area contributed by atoms with Crippen LogP contribution in [0.5, 0.6) is 0 Å². The van der Waals surface area contributed by atoms with E-state index in [0.717, 1.165) is 13.1 Å². The Labute approximate surface area is 92.4 Å². The zero-order valence-electron chi connectivity index (χ0n) is 9.74. The molecule has 2 rings (SSSR count). The van der Waals surface area contributed by atoms with Crippen LogP contribution in [0.2, 0.25) is 0 Å². The highest BCUT2D eigenvalue weighted by atomic mass is 16.2. The Morgan fingerprint density at radius 3 is 2.47 bits per heavy atom. The van der Waals surface area contributed by atoms with Crippen LogP contribution in [-0.2, 0) is 4.79 Å². The number of hydrogen-bond donors (Lipinski definition) is 0. The Morgan fingerprint density at radius 1 is 1.13 bits per heavy atom. The molecule has 3 heteroatoms. The number of likely N-dealkylation sites (tertiary alicyclic amines) is 2. The Balaban J connectivity index is 1.89. The molecule has 0 aromatic rings. The molecule has 2 aliphatic heterocycles. The van der Waals surface area contributed by atoms with Crippen molar-refractivity contribution in [1.82, 2.24) is 9.80 Å². The molecule has 3 nitrogen and oxygen atoms in total. The van der Waals surface area contributed by atoms with Crippen molar-refractivity contribution in [1.29, 1.82) is 0 Å². The molecule has 0 bridgehead atoms. The topological polar surface area (TPSA) is 23.6 Å². The second-order valence-corrected chi connectivity index (χ2v) is 4.87. The van der Waals surface area contributed by atoms with Crippen LogP contribution < -0.4 is 0 Å². The van der Waals surface area contributed by atoms with Crippen molar-refractivity contribution in [2.75, 3.05) is 26.2 Å². The molecule has 1 unspecified atom stereocenters. The normalized spacial score (nSPS) is 28.3. The lowest BCUT2D eigenvalue weighted by molar-refractivity contribution is -0.132. The van der Waals surface area contributed by atoms with Crippen LogP contribution in [0.3, 0.4) is 0 Å². The first-order valence-corrected chi connectivity index (χ1v) is 6.27. The number of nitrogens with zero attached hydrogens (tertiary/aromatic N) is 2. The summed E-state index contributed by atoms with van der Waals surface area (Å²) in [5, 5.41) is 0. The average Bonchev–Trinajstić information content (AvgIpc) is 2.71. The van der Waals surface area contributed by atoms with E-state index in [1.165, 1.54) is 45.2 Å². The minimum Gasteiger partial charge on any atom is -0.339 e. The second kappa shape index (κ2) is 4.97. The van der Waals surface area contributed by atoms with E-state index in [0.29, 0.717) is 6.04 Å². The maximum Gasteiger partial charge on any atom is 0.219 e. The van der Waals surface area contributed by atoms with Crippen LogP contribution in [0.15, 0.2) is 0 Å². The summed E-state index contributed by atoms with van der Waals surface area (Å²) in [4.78, 5) is 16.1. The zero-order valence-corrected chi connectivity index (χ0v) is 9.74. The van der Waals surface area contributed by atoms with Crippen LogP contribution in [0.1, 0.15) is 39.0 Å². The van der Waals surface area contributed by atoms with Gasteiger partial charge in [0.25, 0.3) is 0 Å². The van der Waals surface area contributed by atoms with E-state index in [1.807, 2.05) is 0 Å². The number of hydrogen-bond acceptors (Lipinski definition) is 2. The summed E-state index contributed by atoms with van der Waals surface area (Å²) >= 11 is 0. The van der Waals surface area contributed by atoms with Crippen LogP contribution >= 0.6 is 0 Å². The Morgan fingerprint density at radius 2 is 1.80 bits per heavy atom. The van der Waals surface area contributed by atoms with E-state index in [4.69, 9.17) is 0 Å². The van der Waals surface area contributed by atoms with E-state index < -0.39 is 0 Å². The molecule has 1 amide bonds. The predicted octanol–water partition coefficient (Wildman–Crippen LogP) is 1.48. The fourth-order valence-electron chi connectivity index (χ4n) is 2.87. The quantitative estimate of drug-likeness (QED) is 0.689. The molecule has 86 valence electrons. The van der Waals surface area contributed by atoms with Gasteiger partial charge in [0.1, 0.15) is 0 Å². The highest BCUT2D eigenvalue weighted by Gasteiger charge is 2.26. The summed E-state index contributed by atoms with van der Waals surface area (Å²) in [7, 11) is 0. The first-order chi connectivity index (χ1) is 7.27. The molecule has 0 spiro atoms. The molecule has 0 saturated carbocycles. The molecule has 15 heavy (non-hydrogen) atoms. The van der Waals surface area contributed by atoms with E-state index in [1.54, 1.807) is 6.92 Å². The lowest BCUT2D eigenvalue weighted by Gasteiger charge is -2.37. The van der Waals surface area contributed by atoms with Crippen molar-refractivity contribution in [3.8, 4) is 0 Å². The van der Waals surface area contributed by atoms with Crippen molar-refractivity contribution < 1.29 is 4.79 Å². The van der Waals surface area contributed by atoms with Gasteiger partial charge in [-0.3, -0.25) is 4.79 Å². The molecule has 1 atom stereocenters. The van der Waals surface area contributed by atoms with Crippen molar-refractivity contribution in [2.24, 2.45) is 0 Å². The van der Waals surface area contributed by atoms with Gasteiger partial charge in [-0.2, -0.15) is 0 Å². The molecule has 2 aliphatic rings. The van der Waals surface area contributed by atoms with E-state index in [9.17, 15) is 4.79 Å². The summed E-state index contributed by atoms with van der Waals surface area (Å²) in [6.45, 7) is 6.28. The van der Waals surface area contributed by atoms with E-state index in [-0.39, 0.29) is 5.91 Å². The van der Waals surface area contributed by atoms with Gasteiger partial charge >= 0.3 is 0 Å². The van der Waals surface area contributed by atoms with Gasteiger partial charge in [0.05, 0.1) is 0 Å². The summed E-state index contributed by atoms with van der Waals surface area (Å²) < 4.78 is 0. The minimum absolute atomic E-state index is 0.263. The molecule has 0 aliphatic carbocycles. The maximum absolute atomic E-state index is 11.5. The fraction of sp³-hybridized carbons (Fsp3) is 0.917. The second-order valence-electron chi connectivity index (χ2n) is 4.87. The Kier molecular flexibility index (Phi) is 3.62. The van der Waals surface area contributed by atoms with Crippen molar-refractivity contribution >= 4 is 5.91 Å². The van der Waals surface area contributed by atoms with E-state index in [2.05, 4.69) is 9.80 Å². The summed E-state index contributed by atoms with van der Waals surface area (Å²) in [6, 6.07) is 0.495. The molecule has 0 aromatic heterocycles. The van der Waals surface area contributed by atoms with Crippen molar-refractivity contribution in [3.05, 3.63) is 0 Å². The standard InChI is InChI=1S/C12H22N2O/c1-11(15)14-9-3-2-6-12(14)10-13-7-4-5-8-13/h12H,2-10H2,1H3. The van der Waals surface area contributed by atoms with Gasteiger partial charge in [-0.25, -0.2) is 0 Å². The molecule has 2 saturated heterocycles. The molecule has 0 aromatic carbocycles. The average molecular weight is 210 g/mol. The zero-order chi connectivity index (χ0) is 10.7. The highest BCUT2D eigenvalue weighted by molar-refractivity contribution is 5.73. The molecule has 2 fully saturated rings. The summed E-state index contributed by atoms with van der Waals surface area (Å²) in [6.07, 6.45) is 6.37. The van der Waals surface area contributed by atoms with Gasteiger partial charge in [-0.15, -0.1) is 0 Å². The smallest absolute Gasteiger partial charge is 0.219 e. The number of amides is 1. The van der Waals surface area contributed by atoms with Gasteiger partial charge in [-0.05, 0) is 45.2 Å². The number of rotatable bonds is 2. The SMILES string of the molecule is CC(=O)N1CCCCC1CN1CCCC1. The third-order valence-corrected chi connectivity index (χ3v) is 3.70. The number of carbonyl (C=O) groups is 1. The lowest BCUT2D eigenvalue weighted by atomic mass is 10.0. The fourth-order valence-corrected chi connectivity index (χ4v) is 2.87. The summed E-state index contributed by atoms with van der Waals surface area (Å²) in [5.74, 6) is 0.263. The Bertz CT molecular complexity index is 224. The largest absolute Gasteiger partial charge is 0.339 e. The Hall–Kier alpha value is -0.570. The first kappa shape index (κ1) is 10.9.